The summed E-state index contributed by atoms with van der Waals surface area (Å²) in [4.78, 5) is 0. The van der Waals surface area contributed by atoms with E-state index in [-0.39, 0.29) is 0 Å². The van der Waals surface area contributed by atoms with Gasteiger partial charge in [-0.25, -0.2) is 0 Å². The van der Waals surface area contributed by atoms with Crippen molar-refractivity contribution in [2.24, 2.45) is 0 Å². The first-order valence-electron chi connectivity index (χ1n) is 7.23. The summed E-state index contributed by atoms with van der Waals surface area (Å²) in [6, 6.07) is 13.5. The monoisotopic (exact) mass is 258 g/mol. The second-order valence-electron chi connectivity index (χ2n) is 6.01. The second kappa shape index (κ2) is 3.73. The number of aryl methyl sites for hydroxylation is 3. The van der Waals surface area contributed by atoms with Crippen LogP contribution < -0.4 is 0 Å². The lowest BCUT2D eigenvalue weighted by atomic mass is 9.85. The molecule has 4 aromatic rings. The van der Waals surface area contributed by atoms with E-state index >= 15 is 0 Å². The van der Waals surface area contributed by atoms with E-state index in [0.717, 1.165) is 0 Å². The molecule has 0 heteroatoms. The van der Waals surface area contributed by atoms with Gasteiger partial charge in [-0.15, -0.1) is 0 Å². The fourth-order valence-electron chi connectivity index (χ4n) is 3.76. The molecule has 0 saturated carbocycles. The molecular weight excluding hydrogens is 240 g/mol. The van der Waals surface area contributed by atoms with Crippen molar-refractivity contribution in [1.29, 1.82) is 0 Å². The Morgan fingerprint density at radius 1 is 0.600 bits per heavy atom. The van der Waals surface area contributed by atoms with Crippen LogP contribution in [0.3, 0.4) is 0 Å². The second-order valence-corrected chi connectivity index (χ2v) is 6.01. The Morgan fingerprint density at radius 2 is 1.35 bits per heavy atom. The van der Waals surface area contributed by atoms with Crippen molar-refractivity contribution < 1.29 is 0 Å². The van der Waals surface area contributed by atoms with Gasteiger partial charge < -0.3 is 0 Å². The van der Waals surface area contributed by atoms with E-state index in [1.807, 2.05) is 0 Å². The van der Waals surface area contributed by atoms with Gasteiger partial charge in [-0.05, 0) is 82.3 Å². The van der Waals surface area contributed by atoms with E-state index in [0.29, 0.717) is 0 Å². The molecule has 20 heavy (non-hydrogen) atoms. The molecule has 0 nitrogen and oxygen atoms in total. The summed E-state index contributed by atoms with van der Waals surface area (Å²) < 4.78 is 0. The quantitative estimate of drug-likeness (QED) is 0.349. The van der Waals surface area contributed by atoms with Gasteiger partial charge in [-0.3, -0.25) is 0 Å². The molecule has 0 bridgehead atoms. The van der Waals surface area contributed by atoms with E-state index in [2.05, 4.69) is 64.1 Å². The topological polar surface area (TPSA) is 0 Å². The summed E-state index contributed by atoms with van der Waals surface area (Å²) in [5.41, 5.74) is 5.68. The first-order chi connectivity index (χ1) is 9.59. The van der Waals surface area contributed by atoms with Gasteiger partial charge in [0, 0.05) is 0 Å². The van der Waals surface area contributed by atoms with Crippen molar-refractivity contribution in [1.82, 2.24) is 0 Å². The highest BCUT2D eigenvalue weighted by Crippen LogP contribution is 2.40. The standard InChI is InChI=1S/C20H18/c1-11-10-16-7-5-6-15-8-9-17-13(3)12(2)14(4)18(11)20(17)19(15)16/h5-10H,1-4H3. The fourth-order valence-corrected chi connectivity index (χ4v) is 3.76. The van der Waals surface area contributed by atoms with Crippen molar-refractivity contribution >= 4 is 32.3 Å². The van der Waals surface area contributed by atoms with Gasteiger partial charge in [0.15, 0.2) is 0 Å². The Balaban J connectivity index is 2.50. The number of benzene rings is 4. The minimum atomic E-state index is 1.35. The summed E-state index contributed by atoms with van der Waals surface area (Å²) >= 11 is 0. The molecule has 4 rings (SSSR count). The van der Waals surface area contributed by atoms with Crippen molar-refractivity contribution in [3.8, 4) is 0 Å². The average molecular weight is 258 g/mol. The normalized spacial score (nSPS) is 12.0. The molecule has 0 aliphatic carbocycles. The third kappa shape index (κ3) is 1.27. The molecule has 0 heterocycles. The lowest BCUT2D eigenvalue weighted by Gasteiger charge is -2.19. The molecule has 0 fully saturated rings. The zero-order valence-electron chi connectivity index (χ0n) is 12.5. The first-order valence-corrected chi connectivity index (χ1v) is 7.23. The highest BCUT2D eigenvalue weighted by molar-refractivity contribution is 6.25. The molecule has 0 N–H and O–H groups in total. The summed E-state index contributed by atoms with van der Waals surface area (Å²) in [7, 11) is 0. The van der Waals surface area contributed by atoms with E-state index < -0.39 is 0 Å². The van der Waals surface area contributed by atoms with Gasteiger partial charge in [0.25, 0.3) is 0 Å². The third-order valence-corrected chi connectivity index (χ3v) is 5.00. The van der Waals surface area contributed by atoms with Crippen LogP contribution in [-0.4, -0.2) is 0 Å². The van der Waals surface area contributed by atoms with Gasteiger partial charge in [0.1, 0.15) is 0 Å². The summed E-state index contributed by atoms with van der Waals surface area (Å²) in [5.74, 6) is 0. The van der Waals surface area contributed by atoms with Gasteiger partial charge in [0.2, 0.25) is 0 Å². The molecule has 0 aliphatic heterocycles. The van der Waals surface area contributed by atoms with Gasteiger partial charge in [-0.1, -0.05) is 36.4 Å². The Bertz CT molecular complexity index is 974. The first kappa shape index (κ1) is 11.7. The molecule has 0 amide bonds. The smallest absolute Gasteiger partial charge is 0.00186 e. The predicted molar refractivity (Wildman–Crippen MR) is 89.1 cm³/mol. The van der Waals surface area contributed by atoms with Crippen molar-refractivity contribution in [2.45, 2.75) is 27.7 Å². The molecule has 0 spiro atoms. The largest absolute Gasteiger partial charge is 0.0610 e. The van der Waals surface area contributed by atoms with Crippen LogP contribution in [0.25, 0.3) is 32.3 Å². The van der Waals surface area contributed by atoms with Crippen molar-refractivity contribution in [2.75, 3.05) is 0 Å². The predicted octanol–water partition coefficient (Wildman–Crippen LogP) is 5.82. The molecule has 0 unspecified atom stereocenters. The van der Waals surface area contributed by atoms with Gasteiger partial charge in [-0.2, -0.15) is 0 Å². The summed E-state index contributed by atoms with van der Waals surface area (Å²) in [6.07, 6.45) is 0. The highest BCUT2D eigenvalue weighted by atomic mass is 14.2. The molecule has 0 aliphatic rings. The van der Waals surface area contributed by atoms with Crippen LogP contribution in [0.15, 0.2) is 36.4 Å². The van der Waals surface area contributed by atoms with Crippen LogP contribution in [0.4, 0.5) is 0 Å². The number of rotatable bonds is 0. The average Bonchev–Trinajstić information content (AvgIpc) is 2.44. The minimum Gasteiger partial charge on any atom is -0.0610 e. The molecule has 0 aromatic heterocycles. The highest BCUT2D eigenvalue weighted by Gasteiger charge is 2.15. The molecule has 0 atom stereocenters. The van der Waals surface area contributed by atoms with Crippen LogP contribution in [0, 0.1) is 27.7 Å². The fraction of sp³-hybridized carbons (Fsp3) is 0.200. The zero-order valence-corrected chi connectivity index (χ0v) is 12.5. The van der Waals surface area contributed by atoms with E-state index in [1.165, 1.54) is 54.6 Å². The van der Waals surface area contributed by atoms with E-state index in [9.17, 15) is 0 Å². The zero-order chi connectivity index (χ0) is 14.0. The van der Waals surface area contributed by atoms with Crippen LogP contribution in [0.5, 0.6) is 0 Å². The van der Waals surface area contributed by atoms with E-state index in [1.54, 1.807) is 0 Å². The molecule has 98 valence electrons. The van der Waals surface area contributed by atoms with Gasteiger partial charge in [0.05, 0.1) is 0 Å². The third-order valence-electron chi connectivity index (χ3n) is 5.00. The Morgan fingerprint density at radius 3 is 2.15 bits per heavy atom. The maximum absolute atomic E-state index is 2.34. The molecule has 4 aromatic carbocycles. The minimum absolute atomic E-state index is 1.35. The molecule has 0 saturated heterocycles. The maximum atomic E-state index is 2.34. The number of hydrogen-bond acceptors (Lipinski definition) is 0. The molecule has 0 radical (unpaired) electrons. The Labute approximate surface area is 119 Å². The van der Waals surface area contributed by atoms with Crippen molar-refractivity contribution in [3.63, 3.8) is 0 Å². The Hall–Kier alpha value is -2.08. The lowest BCUT2D eigenvalue weighted by molar-refractivity contribution is 1.31. The lowest BCUT2D eigenvalue weighted by Crippen LogP contribution is -1.95. The maximum Gasteiger partial charge on any atom is -0.00186 e. The van der Waals surface area contributed by atoms with Gasteiger partial charge >= 0.3 is 0 Å². The number of hydrogen-bond donors (Lipinski definition) is 0. The van der Waals surface area contributed by atoms with Crippen LogP contribution in [0.2, 0.25) is 0 Å². The van der Waals surface area contributed by atoms with Crippen LogP contribution in [0.1, 0.15) is 22.3 Å². The van der Waals surface area contributed by atoms with Crippen LogP contribution >= 0.6 is 0 Å². The molecular formula is C20H18. The van der Waals surface area contributed by atoms with Crippen LogP contribution in [-0.2, 0) is 0 Å². The summed E-state index contributed by atoms with van der Waals surface area (Å²) in [5, 5.41) is 8.46. The Kier molecular flexibility index (Phi) is 2.18. The van der Waals surface area contributed by atoms with E-state index in [4.69, 9.17) is 0 Å². The van der Waals surface area contributed by atoms with Crippen molar-refractivity contribution in [3.05, 3.63) is 58.7 Å². The SMILES string of the molecule is Cc1c(C)c2ccc3cccc4cc(C)c(c1C)c2c34. The summed E-state index contributed by atoms with van der Waals surface area (Å²) in [6.45, 7) is 9.01.